The van der Waals surface area contributed by atoms with E-state index in [0.717, 1.165) is 35.4 Å². The molecule has 0 saturated heterocycles. The van der Waals surface area contributed by atoms with E-state index in [9.17, 15) is 9.59 Å². The Balaban J connectivity index is 2.88. The minimum atomic E-state index is -1.14. The Morgan fingerprint density at radius 3 is 2.65 bits per heavy atom. The molecule has 0 fully saturated rings. The zero-order chi connectivity index (χ0) is 12.8. The van der Waals surface area contributed by atoms with Crippen LogP contribution in [0.1, 0.15) is 18.1 Å². The van der Waals surface area contributed by atoms with Gasteiger partial charge in [-0.25, -0.2) is 4.79 Å². The number of amides is 1. The lowest BCUT2D eigenvalue weighted by Gasteiger charge is -2.11. The van der Waals surface area contributed by atoms with Crippen molar-refractivity contribution >= 4 is 17.6 Å². The molecule has 17 heavy (non-hydrogen) atoms. The van der Waals surface area contributed by atoms with Crippen LogP contribution in [0.2, 0.25) is 0 Å². The van der Waals surface area contributed by atoms with Gasteiger partial charge in [-0.1, -0.05) is 25.1 Å². The first kappa shape index (κ1) is 13.0. The molecule has 2 N–H and O–H groups in total. The van der Waals surface area contributed by atoms with E-state index >= 15 is 0 Å². The predicted octanol–water partition coefficient (Wildman–Crippen LogP) is 2.14. The van der Waals surface area contributed by atoms with Gasteiger partial charge in [0.15, 0.2) is 0 Å². The summed E-state index contributed by atoms with van der Waals surface area (Å²) in [6.07, 6.45) is 2.63. The molecule has 0 aliphatic rings. The molecule has 0 aliphatic carbocycles. The van der Waals surface area contributed by atoms with E-state index in [0.29, 0.717) is 0 Å². The number of para-hydroxylation sites is 1. The summed E-state index contributed by atoms with van der Waals surface area (Å²) in [7, 11) is 0. The molecule has 1 aromatic carbocycles. The van der Waals surface area contributed by atoms with Gasteiger partial charge in [0.1, 0.15) is 0 Å². The number of carbonyl (C=O) groups excluding carboxylic acids is 1. The molecule has 1 amide bonds. The molecule has 4 heteroatoms. The molecule has 0 unspecified atom stereocenters. The van der Waals surface area contributed by atoms with Crippen molar-refractivity contribution in [1.82, 2.24) is 0 Å². The number of rotatable bonds is 4. The smallest absolute Gasteiger partial charge is 0.328 e. The maximum Gasteiger partial charge on any atom is 0.328 e. The number of carboxylic acid groups (broad SMARTS) is 1. The Morgan fingerprint density at radius 2 is 2.06 bits per heavy atom. The van der Waals surface area contributed by atoms with Crippen molar-refractivity contribution in [3.05, 3.63) is 41.5 Å². The molecule has 90 valence electrons. The van der Waals surface area contributed by atoms with Crippen molar-refractivity contribution in [2.45, 2.75) is 20.3 Å². The number of benzene rings is 1. The molecule has 0 atom stereocenters. The summed E-state index contributed by atoms with van der Waals surface area (Å²) in [4.78, 5) is 21.8. The summed E-state index contributed by atoms with van der Waals surface area (Å²) in [6.45, 7) is 3.90. The van der Waals surface area contributed by atoms with E-state index in [-0.39, 0.29) is 0 Å². The van der Waals surface area contributed by atoms with Crippen LogP contribution in [-0.4, -0.2) is 17.0 Å². The van der Waals surface area contributed by atoms with Crippen molar-refractivity contribution in [2.75, 3.05) is 5.32 Å². The minimum Gasteiger partial charge on any atom is -0.478 e. The molecule has 1 rings (SSSR count). The predicted molar refractivity (Wildman–Crippen MR) is 66.0 cm³/mol. The SMILES string of the molecule is CCc1cccc(C)c1NC(=O)/C=C\C(=O)O. The number of hydrogen-bond donors (Lipinski definition) is 2. The van der Waals surface area contributed by atoms with Crippen LogP contribution in [0.4, 0.5) is 5.69 Å². The number of carbonyl (C=O) groups is 2. The first-order valence-electron chi connectivity index (χ1n) is 5.35. The highest BCUT2D eigenvalue weighted by Crippen LogP contribution is 2.20. The Kier molecular flexibility index (Phi) is 4.46. The molecular weight excluding hydrogens is 218 g/mol. The van der Waals surface area contributed by atoms with Crippen LogP contribution in [0.25, 0.3) is 0 Å². The molecule has 0 saturated carbocycles. The minimum absolute atomic E-state index is 0.434. The fourth-order valence-electron chi connectivity index (χ4n) is 1.51. The van der Waals surface area contributed by atoms with Crippen molar-refractivity contribution in [1.29, 1.82) is 0 Å². The van der Waals surface area contributed by atoms with Gasteiger partial charge in [-0.15, -0.1) is 0 Å². The summed E-state index contributed by atoms with van der Waals surface area (Å²) < 4.78 is 0. The van der Waals surface area contributed by atoms with Crippen LogP contribution in [0.3, 0.4) is 0 Å². The van der Waals surface area contributed by atoms with Crippen molar-refractivity contribution in [3.8, 4) is 0 Å². The summed E-state index contributed by atoms with van der Waals surface area (Å²) in [5.41, 5.74) is 2.75. The molecule has 0 spiro atoms. The lowest BCUT2D eigenvalue weighted by Crippen LogP contribution is -2.11. The van der Waals surface area contributed by atoms with Gasteiger partial charge in [0, 0.05) is 17.8 Å². The van der Waals surface area contributed by atoms with Crippen LogP contribution < -0.4 is 5.32 Å². The maximum absolute atomic E-state index is 11.5. The Labute approximate surface area is 100.0 Å². The zero-order valence-electron chi connectivity index (χ0n) is 9.86. The Hall–Kier alpha value is -2.10. The highest BCUT2D eigenvalue weighted by atomic mass is 16.4. The quantitative estimate of drug-likeness (QED) is 0.783. The lowest BCUT2D eigenvalue weighted by molar-refractivity contribution is -0.131. The van der Waals surface area contributed by atoms with Gasteiger partial charge >= 0.3 is 5.97 Å². The standard InChI is InChI=1S/C13H15NO3/c1-3-10-6-4-5-9(2)13(10)14-11(15)7-8-12(16)17/h4-8H,3H2,1-2H3,(H,14,15)(H,16,17)/b8-7-. The summed E-state index contributed by atoms with van der Waals surface area (Å²) >= 11 is 0. The fourth-order valence-corrected chi connectivity index (χ4v) is 1.51. The van der Waals surface area contributed by atoms with E-state index in [4.69, 9.17) is 5.11 Å². The summed E-state index contributed by atoms with van der Waals surface area (Å²) in [5.74, 6) is -1.57. The van der Waals surface area contributed by atoms with Crippen LogP contribution in [-0.2, 0) is 16.0 Å². The number of nitrogens with one attached hydrogen (secondary N) is 1. The number of hydrogen-bond acceptors (Lipinski definition) is 2. The van der Waals surface area contributed by atoms with Crippen LogP contribution in [0.15, 0.2) is 30.4 Å². The fraction of sp³-hybridized carbons (Fsp3) is 0.231. The second-order valence-corrected chi connectivity index (χ2v) is 3.62. The maximum atomic E-state index is 11.5. The van der Waals surface area contributed by atoms with Crippen molar-refractivity contribution < 1.29 is 14.7 Å². The number of carboxylic acids is 1. The first-order valence-corrected chi connectivity index (χ1v) is 5.35. The van der Waals surface area contributed by atoms with Crippen molar-refractivity contribution in [3.63, 3.8) is 0 Å². The monoisotopic (exact) mass is 233 g/mol. The van der Waals surface area contributed by atoms with Gasteiger partial charge in [-0.3, -0.25) is 4.79 Å². The van der Waals surface area contributed by atoms with E-state index < -0.39 is 11.9 Å². The number of anilines is 1. The van der Waals surface area contributed by atoms with Crippen LogP contribution in [0.5, 0.6) is 0 Å². The second-order valence-electron chi connectivity index (χ2n) is 3.62. The van der Waals surface area contributed by atoms with E-state index in [1.165, 1.54) is 0 Å². The largest absolute Gasteiger partial charge is 0.478 e. The zero-order valence-corrected chi connectivity index (χ0v) is 9.86. The van der Waals surface area contributed by atoms with Gasteiger partial charge in [0.05, 0.1) is 0 Å². The highest BCUT2D eigenvalue weighted by Gasteiger charge is 2.06. The molecule has 0 aliphatic heterocycles. The Morgan fingerprint density at radius 1 is 1.35 bits per heavy atom. The van der Waals surface area contributed by atoms with Gasteiger partial charge in [-0.05, 0) is 24.5 Å². The highest BCUT2D eigenvalue weighted by molar-refractivity contribution is 6.03. The normalized spacial score (nSPS) is 10.5. The van der Waals surface area contributed by atoms with E-state index in [1.807, 2.05) is 32.0 Å². The molecule has 4 nitrogen and oxygen atoms in total. The lowest BCUT2D eigenvalue weighted by atomic mass is 10.1. The van der Waals surface area contributed by atoms with Gasteiger partial charge in [0.2, 0.25) is 5.91 Å². The molecule has 0 bridgehead atoms. The van der Waals surface area contributed by atoms with E-state index in [1.54, 1.807) is 0 Å². The van der Waals surface area contributed by atoms with Gasteiger partial charge < -0.3 is 10.4 Å². The van der Waals surface area contributed by atoms with E-state index in [2.05, 4.69) is 5.32 Å². The summed E-state index contributed by atoms with van der Waals surface area (Å²) in [6, 6.07) is 5.76. The third-order valence-electron chi connectivity index (χ3n) is 2.37. The van der Waals surface area contributed by atoms with Crippen LogP contribution >= 0.6 is 0 Å². The number of aliphatic carboxylic acids is 1. The molecule has 1 aromatic rings. The molecule has 0 radical (unpaired) electrons. The van der Waals surface area contributed by atoms with Crippen LogP contribution in [0, 0.1) is 6.92 Å². The molecule has 0 aromatic heterocycles. The average molecular weight is 233 g/mol. The van der Waals surface area contributed by atoms with Gasteiger partial charge in [-0.2, -0.15) is 0 Å². The topological polar surface area (TPSA) is 66.4 Å². The molecular formula is C13H15NO3. The first-order chi connectivity index (χ1) is 8.04. The third kappa shape index (κ3) is 3.75. The molecule has 0 heterocycles. The van der Waals surface area contributed by atoms with Gasteiger partial charge in [0.25, 0.3) is 0 Å². The Bertz CT molecular complexity index is 464. The third-order valence-corrected chi connectivity index (χ3v) is 2.37. The van der Waals surface area contributed by atoms with Crippen molar-refractivity contribution in [2.24, 2.45) is 0 Å². The second kappa shape index (κ2) is 5.84. The number of aryl methyl sites for hydroxylation is 2. The average Bonchev–Trinajstić information content (AvgIpc) is 2.29. The summed E-state index contributed by atoms with van der Waals surface area (Å²) in [5, 5.41) is 11.1.